The maximum absolute atomic E-state index is 13.2. The van der Waals surface area contributed by atoms with Crippen LogP contribution >= 0.6 is 23.1 Å². The second-order valence-electron chi connectivity index (χ2n) is 9.64. The number of hydrogen-bond donors (Lipinski definition) is 1. The summed E-state index contributed by atoms with van der Waals surface area (Å²) < 4.78 is 1.69. The molecule has 1 saturated heterocycles. The number of hydrogen-bond acceptors (Lipinski definition) is 6. The van der Waals surface area contributed by atoms with E-state index in [4.69, 9.17) is 0 Å². The zero-order valence-corrected chi connectivity index (χ0v) is 21.8. The highest BCUT2D eigenvalue weighted by Gasteiger charge is 2.59. The predicted octanol–water partition coefficient (Wildman–Crippen LogP) is 5.46. The van der Waals surface area contributed by atoms with Crippen LogP contribution in [0.25, 0.3) is 10.2 Å². The molecule has 3 aromatic rings. The van der Waals surface area contributed by atoms with E-state index in [2.05, 4.69) is 48.4 Å². The molecule has 1 saturated carbocycles. The molecule has 3 amide bonds. The average molecular weight is 518 g/mol. The van der Waals surface area contributed by atoms with Gasteiger partial charge in [0.2, 0.25) is 17.7 Å². The second-order valence-corrected chi connectivity index (χ2v) is 11.9. The number of carbonyl (C=O) groups is 3. The number of imide groups is 1. The summed E-state index contributed by atoms with van der Waals surface area (Å²) in [5.74, 6) is 0.0302. The zero-order valence-electron chi connectivity index (χ0n) is 20.2. The van der Waals surface area contributed by atoms with Gasteiger partial charge in [-0.25, -0.2) is 9.88 Å². The Labute approximate surface area is 218 Å². The highest BCUT2D eigenvalue weighted by Crippen LogP contribution is 2.53. The molecule has 0 radical (unpaired) electrons. The monoisotopic (exact) mass is 517 g/mol. The number of allylic oxidation sites excluding steroid dienone is 2. The molecule has 6 nitrogen and oxygen atoms in total. The van der Waals surface area contributed by atoms with Gasteiger partial charge in [0.15, 0.2) is 4.34 Å². The number of nitrogens with zero attached hydrogens (tertiary/aromatic N) is 2. The number of fused-ring (bicyclic) bond motifs is 6. The minimum absolute atomic E-state index is 0.0569. The van der Waals surface area contributed by atoms with E-state index in [1.807, 2.05) is 24.3 Å². The number of carbonyl (C=O) groups excluding carboxylic acids is 3. The van der Waals surface area contributed by atoms with Crippen molar-refractivity contribution < 1.29 is 14.4 Å². The fraction of sp³-hybridized carbons (Fsp3) is 0.357. The van der Waals surface area contributed by atoms with Gasteiger partial charge in [0, 0.05) is 5.69 Å². The van der Waals surface area contributed by atoms with E-state index in [1.54, 1.807) is 0 Å². The van der Waals surface area contributed by atoms with Crippen molar-refractivity contribution in [2.45, 2.75) is 37.4 Å². The van der Waals surface area contributed by atoms with Crippen molar-refractivity contribution in [1.82, 2.24) is 4.98 Å². The SMILES string of the molecule is CCc1cccc(CC)c1NC(=O)CSc1nc2ccc(N3C(=O)[C@@H]4[C@@H](C3=O)[C@H]3C=C[C@H]4C3)cc2s1. The van der Waals surface area contributed by atoms with E-state index < -0.39 is 0 Å². The van der Waals surface area contributed by atoms with Crippen LogP contribution in [0.5, 0.6) is 0 Å². The Hall–Kier alpha value is -2.97. The summed E-state index contributed by atoms with van der Waals surface area (Å²) in [4.78, 5) is 45.1. The van der Waals surface area contributed by atoms with Gasteiger partial charge >= 0.3 is 0 Å². The largest absolute Gasteiger partial charge is 0.325 e. The first-order chi connectivity index (χ1) is 17.5. The molecule has 8 heteroatoms. The number of anilines is 2. The van der Waals surface area contributed by atoms with Gasteiger partial charge in [-0.1, -0.05) is 56.0 Å². The number of benzene rings is 2. The van der Waals surface area contributed by atoms with E-state index in [-0.39, 0.29) is 47.1 Å². The topological polar surface area (TPSA) is 79.4 Å². The van der Waals surface area contributed by atoms with Crippen LogP contribution in [0, 0.1) is 23.7 Å². The lowest BCUT2D eigenvalue weighted by Gasteiger charge is -2.17. The number of thiazole rings is 1. The lowest BCUT2D eigenvalue weighted by molar-refractivity contribution is -0.123. The molecule has 2 aromatic carbocycles. The van der Waals surface area contributed by atoms with E-state index in [1.165, 1.54) is 28.0 Å². The number of para-hydroxylation sites is 1. The van der Waals surface area contributed by atoms with E-state index >= 15 is 0 Å². The Balaban J connectivity index is 1.16. The molecule has 6 rings (SSSR count). The molecular weight excluding hydrogens is 490 g/mol. The Kier molecular flexibility index (Phi) is 5.96. The minimum atomic E-state index is -0.208. The van der Waals surface area contributed by atoms with Gasteiger partial charge in [-0.05, 0) is 60.4 Å². The Morgan fingerprint density at radius 2 is 1.72 bits per heavy atom. The first-order valence-corrected chi connectivity index (χ1v) is 14.3. The summed E-state index contributed by atoms with van der Waals surface area (Å²) in [7, 11) is 0. The summed E-state index contributed by atoms with van der Waals surface area (Å²) in [6.45, 7) is 4.18. The maximum Gasteiger partial charge on any atom is 0.238 e. The van der Waals surface area contributed by atoms with Crippen LogP contribution < -0.4 is 10.2 Å². The first kappa shape index (κ1) is 23.4. The molecule has 0 unspecified atom stereocenters. The summed E-state index contributed by atoms with van der Waals surface area (Å²) in [6, 6.07) is 11.7. The van der Waals surface area contributed by atoms with Crippen molar-refractivity contribution >= 4 is 62.4 Å². The quantitative estimate of drug-likeness (QED) is 0.256. The van der Waals surface area contributed by atoms with Gasteiger partial charge in [-0.3, -0.25) is 14.4 Å². The molecule has 1 N–H and O–H groups in total. The molecule has 2 fully saturated rings. The van der Waals surface area contributed by atoms with Gasteiger partial charge < -0.3 is 5.32 Å². The summed E-state index contributed by atoms with van der Waals surface area (Å²) in [5, 5.41) is 3.10. The molecule has 2 aliphatic carbocycles. The van der Waals surface area contributed by atoms with Crippen molar-refractivity contribution in [3.63, 3.8) is 0 Å². The lowest BCUT2D eigenvalue weighted by atomic mass is 9.85. The summed E-state index contributed by atoms with van der Waals surface area (Å²) in [6.07, 6.45) is 6.86. The number of amides is 3. The standard InChI is InChI=1S/C28H27N3O3S2/c1-3-15-6-5-7-16(4-2)25(15)30-22(32)14-35-28-29-20-11-10-19(13-21(20)36-28)31-26(33)23-17-8-9-18(12-17)24(23)27(31)34/h5-11,13,17-18,23-24H,3-4,12,14H2,1-2H3,(H,30,32)/t17-,18-,23-,24-/m0/s1. The molecule has 184 valence electrons. The minimum Gasteiger partial charge on any atom is -0.325 e. The highest BCUT2D eigenvalue weighted by atomic mass is 32.2. The number of rotatable bonds is 7. The fourth-order valence-corrected chi connectivity index (χ4v) is 7.86. The fourth-order valence-electron chi connectivity index (χ4n) is 5.96. The number of thioether (sulfide) groups is 1. The summed E-state index contributed by atoms with van der Waals surface area (Å²) in [5.41, 5.74) is 4.62. The molecule has 2 heterocycles. The van der Waals surface area contributed by atoms with Gasteiger partial charge in [0.05, 0.1) is 33.5 Å². The van der Waals surface area contributed by atoms with Gasteiger partial charge in [-0.15, -0.1) is 11.3 Å². The Morgan fingerprint density at radius 1 is 1.06 bits per heavy atom. The van der Waals surface area contributed by atoms with Crippen molar-refractivity contribution in [3.8, 4) is 0 Å². The predicted molar refractivity (Wildman–Crippen MR) is 144 cm³/mol. The van der Waals surface area contributed by atoms with Crippen LogP contribution in [0.4, 0.5) is 11.4 Å². The van der Waals surface area contributed by atoms with Crippen molar-refractivity contribution in [1.29, 1.82) is 0 Å². The second kappa shape index (κ2) is 9.16. The normalized spacial score (nSPS) is 24.2. The average Bonchev–Trinajstić information content (AvgIpc) is 3.65. The van der Waals surface area contributed by atoms with Gasteiger partial charge in [-0.2, -0.15) is 0 Å². The van der Waals surface area contributed by atoms with E-state index in [9.17, 15) is 14.4 Å². The van der Waals surface area contributed by atoms with Crippen LogP contribution in [0.1, 0.15) is 31.4 Å². The first-order valence-electron chi connectivity index (χ1n) is 12.5. The molecule has 2 bridgehead atoms. The van der Waals surface area contributed by atoms with Crippen LogP contribution in [0.3, 0.4) is 0 Å². The molecule has 4 atom stereocenters. The number of nitrogens with one attached hydrogen (secondary N) is 1. The Morgan fingerprint density at radius 3 is 2.36 bits per heavy atom. The van der Waals surface area contributed by atoms with Crippen molar-refractivity contribution in [2.24, 2.45) is 23.7 Å². The maximum atomic E-state index is 13.2. The van der Waals surface area contributed by atoms with Gasteiger partial charge in [0.1, 0.15) is 0 Å². The van der Waals surface area contributed by atoms with Crippen molar-refractivity contribution in [3.05, 3.63) is 59.7 Å². The molecular formula is C28H27N3O3S2. The zero-order chi connectivity index (χ0) is 25.0. The number of aromatic nitrogens is 1. The van der Waals surface area contributed by atoms with E-state index in [0.717, 1.165) is 50.6 Å². The summed E-state index contributed by atoms with van der Waals surface area (Å²) >= 11 is 2.88. The number of aryl methyl sites for hydroxylation is 2. The van der Waals surface area contributed by atoms with Gasteiger partial charge in [0.25, 0.3) is 0 Å². The van der Waals surface area contributed by atoms with E-state index in [0.29, 0.717) is 5.69 Å². The van der Waals surface area contributed by atoms with Crippen LogP contribution in [-0.4, -0.2) is 28.5 Å². The third-order valence-corrected chi connectivity index (χ3v) is 9.83. The van der Waals surface area contributed by atoms with Crippen LogP contribution in [0.2, 0.25) is 0 Å². The molecule has 3 aliphatic rings. The Bertz CT molecular complexity index is 1380. The van der Waals surface area contributed by atoms with Crippen LogP contribution in [0.15, 0.2) is 52.9 Å². The third kappa shape index (κ3) is 3.78. The highest BCUT2D eigenvalue weighted by molar-refractivity contribution is 8.01. The van der Waals surface area contributed by atoms with Crippen molar-refractivity contribution in [2.75, 3.05) is 16.0 Å². The third-order valence-electron chi connectivity index (χ3n) is 7.67. The van der Waals surface area contributed by atoms with Crippen LogP contribution in [-0.2, 0) is 27.2 Å². The molecule has 0 spiro atoms. The molecule has 36 heavy (non-hydrogen) atoms. The molecule has 1 aromatic heterocycles. The lowest BCUT2D eigenvalue weighted by Crippen LogP contribution is -2.32. The molecule has 1 aliphatic heterocycles. The smallest absolute Gasteiger partial charge is 0.238 e.